The van der Waals surface area contributed by atoms with E-state index in [0.717, 1.165) is 29.7 Å². The smallest absolute Gasteiger partial charge is 0.231 e. The molecule has 0 aromatic heterocycles. The molecule has 0 saturated carbocycles. The second-order valence-electron chi connectivity index (χ2n) is 6.40. The van der Waals surface area contributed by atoms with Crippen LogP contribution in [-0.4, -0.2) is 25.4 Å². The average molecular weight is 317 g/mol. The third-order valence-corrected chi connectivity index (χ3v) is 5.25. The molecule has 5 nitrogen and oxygen atoms in total. The van der Waals surface area contributed by atoms with Crippen LogP contribution in [-0.2, 0) is 16.0 Å². The summed E-state index contributed by atoms with van der Waals surface area (Å²) in [7, 11) is 1.79. The van der Waals surface area contributed by atoms with Gasteiger partial charge >= 0.3 is 0 Å². The van der Waals surface area contributed by atoms with Crippen molar-refractivity contribution in [2.24, 2.45) is 11.1 Å². The fraction of sp³-hybridized carbons (Fsp3) is 0.556. The summed E-state index contributed by atoms with van der Waals surface area (Å²) >= 11 is 0. The summed E-state index contributed by atoms with van der Waals surface area (Å²) in [6, 6.07) is 5.83. The molecular formula is C18H27N3O2. The Hall–Kier alpha value is -1.88. The molecular weight excluding hydrogens is 290 g/mol. The van der Waals surface area contributed by atoms with Crippen molar-refractivity contribution in [2.75, 3.05) is 18.5 Å². The van der Waals surface area contributed by atoms with E-state index in [1.807, 2.05) is 39.0 Å². The molecule has 1 aliphatic heterocycles. The monoisotopic (exact) mass is 317 g/mol. The molecule has 2 rings (SSSR count). The van der Waals surface area contributed by atoms with Gasteiger partial charge in [0.05, 0.1) is 17.9 Å². The number of hydrogen-bond acceptors (Lipinski definition) is 3. The predicted octanol–water partition coefficient (Wildman–Crippen LogP) is 2.15. The van der Waals surface area contributed by atoms with Gasteiger partial charge in [-0.15, -0.1) is 0 Å². The number of nitrogens with zero attached hydrogens (tertiary/aromatic N) is 1. The highest BCUT2D eigenvalue weighted by Crippen LogP contribution is 2.31. The highest BCUT2D eigenvalue weighted by Gasteiger charge is 2.34. The van der Waals surface area contributed by atoms with Gasteiger partial charge in [0.2, 0.25) is 11.8 Å². The van der Waals surface area contributed by atoms with E-state index in [1.54, 1.807) is 11.9 Å². The third kappa shape index (κ3) is 3.11. The number of rotatable bonds is 6. The maximum Gasteiger partial charge on any atom is 0.231 e. The number of carbonyl (C=O) groups excluding carboxylic acids is 2. The van der Waals surface area contributed by atoms with Crippen molar-refractivity contribution < 1.29 is 9.59 Å². The van der Waals surface area contributed by atoms with Gasteiger partial charge in [-0.3, -0.25) is 9.59 Å². The fourth-order valence-corrected chi connectivity index (χ4v) is 3.14. The van der Waals surface area contributed by atoms with Gasteiger partial charge in [0.1, 0.15) is 0 Å². The van der Waals surface area contributed by atoms with Gasteiger partial charge in [0, 0.05) is 19.3 Å². The van der Waals surface area contributed by atoms with Crippen molar-refractivity contribution in [3.05, 3.63) is 29.3 Å². The molecule has 1 aliphatic rings. The zero-order valence-corrected chi connectivity index (χ0v) is 14.5. The summed E-state index contributed by atoms with van der Waals surface area (Å²) in [5.74, 6) is 0.110. The third-order valence-electron chi connectivity index (χ3n) is 5.25. The van der Waals surface area contributed by atoms with Gasteiger partial charge < -0.3 is 16.0 Å². The number of amides is 2. The number of nitrogens with two attached hydrogens (primary N) is 1. The Bertz CT molecular complexity index is 600. The van der Waals surface area contributed by atoms with Crippen molar-refractivity contribution in [3.8, 4) is 0 Å². The normalized spacial score (nSPS) is 15.5. The van der Waals surface area contributed by atoms with E-state index in [4.69, 9.17) is 5.73 Å². The van der Waals surface area contributed by atoms with Crippen LogP contribution in [0.25, 0.3) is 0 Å². The number of carbonyl (C=O) groups is 2. The van der Waals surface area contributed by atoms with E-state index in [9.17, 15) is 9.59 Å². The molecule has 0 spiro atoms. The molecule has 1 aromatic rings. The fourth-order valence-electron chi connectivity index (χ4n) is 3.14. The highest BCUT2D eigenvalue weighted by atomic mass is 16.2. The summed E-state index contributed by atoms with van der Waals surface area (Å²) in [5.41, 5.74) is 8.33. The molecule has 0 saturated heterocycles. The van der Waals surface area contributed by atoms with Gasteiger partial charge in [-0.25, -0.2) is 0 Å². The lowest BCUT2D eigenvalue weighted by Crippen LogP contribution is -2.46. The number of benzene rings is 1. The SMILES string of the molecule is CCC(CC)(CN)C(=O)NC(C)c1ccc2c(c1)CC(=O)N2C. The van der Waals surface area contributed by atoms with Gasteiger partial charge in [0.25, 0.3) is 0 Å². The number of fused-ring (bicyclic) bond motifs is 1. The van der Waals surface area contributed by atoms with Crippen LogP contribution in [0.15, 0.2) is 18.2 Å². The largest absolute Gasteiger partial charge is 0.349 e. The van der Waals surface area contributed by atoms with Crippen LogP contribution in [0.2, 0.25) is 0 Å². The molecule has 0 radical (unpaired) electrons. The Morgan fingerprint density at radius 1 is 1.39 bits per heavy atom. The molecule has 0 aliphatic carbocycles. The van der Waals surface area contributed by atoms with E-state index in [0.29, 0.717) is 13.0 Å². The predicted molar refractivity (Wildman–Crippen MR) is 92.2 cm³/mol. The molecule has 0 fully saturated rings. The average Bonchev–Trinajstić information content (AvgIpc) is 2.83. The molecule has 1 unspecified atom stereocenters. The molecule has 1 aromatic carbocycles. The molecule has 1 heterocycles. The van der Waals surface area contributed by atoms with Gasteiger partial charge in [-0.1, -0.05) is 26.0 Å². The maximum absolute atomic E-state index is 12.6. The second-order valence-corrected chi connectivity index (χ2v) is 6.40. The van der Waals surface area contributed by atoms with Crippen LogP contribution >= 0.6 is 0 Å². The number of hydrogen-bond donors (Lipinski definition) is 2. The van der Waals surface area contributed by atoms with Crippen LogP contribution in [0.3, 0.4) is 0 Å². The first kappa shape index (κ1) is 17.5. The first-order valence-electron chi connectivity index (χ1n) is 8.29. The Balaban J connectivity index is 2.16. The van der Waals surface area contributed by atoms with Crippen molar-refractivity contribution in [2.45, 2.75) is 46.1 Å². The van der Waals surface area contributed by atoms with Crippen LogP contribution in [0.4, 0.5) is 5.69 Å². The van der Waals surface area contributed by atoms with Crippen molar-refractivity contribution >= 4 is 17.5 Å². The van der Waals surface area contributed by atoms with Gasteiger partial charge in [-0.05, 0) is 37.0 Å². The van der Waals surface area contributed by atoms with Crippen molar-refractivity contribution in [1.29, 1.82) is 0 Å². The Morgan fingerprint density at radius 3 is 2.61 bits per heavy atom. The summed E-state index contributed by atoms with van der Waals surface area (Å²) in [6.45, 7) is 6.31. The van der Waals surface area contributed by atoms with Crippen LogP contribution in [0.5, 0.6) is 0 Å². The van der Waals surface area contributed by atoms with Gasteiger partial charge in [-0.2, -0.15) is 0 Å². The zero-order valence-electron chi connectivity index (χ0n) is 14.5. The lowest BCUT2D eigenvalue weighted by Gasteiger charge is -2.30. The molecule has 23 heavy (non-hydrogen) atoms. The minimum absolute atomic E-state index is 0.00573. The van der Waals surface area contributed by atoms with Crippen molar-refractivity contribution in [1.82, 2.24) is 5.32 Å². The van der Waals surface area contributed by atoms with E-state index >= 15 is 0 Å². The Labute approximate surface area is 138 Å². The van der Waals surface area contributed by atoms with Crippen LogP contribution in [0.1, 0.15) is 50.8 Å². The number of anilines is 1. The minimum Gasteiger partial charge on any atom is -0.349 e. The molecule has 2 amide bonds. The molecule has 0 bridgehead atoms. The summed E-state index contributed by atoms with van der Waals surface area (Å²) in [6.07, 6.45) is 1.88. The minimum atomic E-state index is -0.499. The summed E-state index contributed by atoms with van der Waals surface area (Å²) < 4.78 is 0. The lowest BCUT2D eigenvalue weighted by atomic mass is 9.81. The lowest BCUT2D eigenvalue weighted by molar-refractivity contribution is -0.131. The first-order valence-corrected chi connectivity index (χ1v) is 8.29. The van der Waals surface area contributed by atoms with Crippen molar-refractivity contribution in [3.63, 3.8) is 0 Å². The second kappa shape index (κ2) is 6.71. The molecule has 1 atom stereocenters. The van der Waals surface area contributed by atoms with Crippen LogP contribution in [0, 0.1) is 5.41 Å². The molecule has 126 valence electrons. The topological polar surface area (TPSA) is 75.4 Å². The summed E-state index contributed by atoms with van der Waals surface area (Å²) in [5, 5.41) is 3.09. The van der Waals surface area contributed by atoms with Crippen LogP contribution < -0.4 is 16.0 Å². The number of likely N-dealkylation sites (N-methyl/N-ethyl adjacent to an activating group) is 1. The highest BCUT2D eigenvalue weighted by molar-refractivity contribution is 6.01. The molecule has 5 heteroatoms. The van der Waals surface area contributed by atoms with E-state index < -0.39 is 5.41 Å². The first-order chi connectivity index (χ1) is 10.9. The standard InChI is InChI=1S/C18H27N3O2/c1-5-18(6-2,11-19)17(23)20-12(3)13-7-8-15-14(9-13)10-16(22)21(15)4/h7-9,12H,5-6,10-11,19H2,1-4H3,(H,20,23). The zero-order chi connectivity index (χ0) is 17.2. The van der Waals surface area contributed by atoms with E-state index in [1.165, 1.54) is 0 Å². The summed E-state index contributed by atoms with van der Waals surface area (Å²) in [4.78, 5) is 26.1. The quantitative estimate of drug-likeness (QED) is 0.844. The van der Waals surface area contributed by atoms with E-state index in [-0.39, 0.29) is 17.9 Å². The molecule has 3 N–H and O–H groups in total. The Kier molecular flexibility index (Phi) is 5.09. The maximum atomic E-state index is 12.6. The number of nitrogens with one attached hydrogen (secondary N) is 1. The Morgan fingerprint density at radius 2 is 2.04 bits per heavy atom. The van der Waals surface area contributed by atoms with E-state index in [2.05, 4.69) is 5.32 Å². The van der Waals surface area contributed by atoms with Gasteiger partial charge in [0.15, 0.2) is 0 Å².